The SMILES string of the molecule is COc1cc(CN(CC(=O)O)C(=O)C(C)Oc2cccc(F)c2)cc(OC)c1. The van der Waals surface area contributed by atoms with Crippen molar-refractivity contribution >= 4 is 11.9 Å². The minimum atomic E-state index is -1.17. The first-order valence-electron chi connectivity index (χ1n) is 8.47. The van der Waals surface area contributed by atoms with Gasteiger partial charge in [0.05, 0.1) is 14.2 Å². The van der Waals surface area contributed by atoms with E-state index in [1.807, 2.05) is 0 Å². The highest BCUT2D eigenvalue weighted by atomic mass is 19.1. The molecule has 0 saturated carbocycles. The normalized spacial score (nSPS) is 11.4. The van der Waals surface area contributed by atoms with Gasteiger partial charge in [-0.15, -0.1) is 0 Å². The van der Waals surface area contributed by atoms with Crippen molar-refractivity contribution in [3.63, 3.8) is 0 Å². The number of halogens is 1. The Kier molecular flexibility index (Phi) is 7.20. The first-order chi connectivity index (χ1) is 13.3. The van der Waals surface area contributed by atoms with Gasteiger partial charge in [-0.1, -0.05) is 6.07 Å². The number of methoxy groups -OCH3 is 2. The molecule has 0 aliphatic rings. The molecule has 0 bridgehead atoms. The highest BCUT2D eigenvalue weighted by Crippen LogP contribution is 2.24. The Bertz CT molecular complexity index is 819. The highest BCUT2D eigenvalue weighted by Gasteiger charge is 2.25. The molecule has 28 heavy (non-hydrogen) atoms. The van der Waals surface area contributed by atoms with Crippen molar-refractivity contribution in [2.45, 2.75) is 19.6 Å². The Morgan fingerprint density at radius 2 is 1.71 bits per heavy atom. The summed E-state index contributed by atoms with van der Waals surface area (Å²) in [5.74, 6) is -1.00. The number of benzene rings is 2. The molecular formula is C20H22FNO6. The average molecular weight is 391 g/mol. The van der Waals surface area contributed by atoms with Crippen LogP contribution in [0.1, 0.15) is 12.5 Å². The molecule has 2 aromatic carbocycles. The van der Waals surface area contributed by atoms with Crippen LogP contribution in [0.15, 0.2) is 42.5 Å². The molecule has 8 heteroatoms. The first-order valence-corrected chi connectivity index (χ1v) is 8.47. The number of nitrogens with zero attached hydrogens (tertiary/aromatic N) is 1. The van der Waals surface area contributed by atoms with E-state index in [1.165, 1.54) is 39.3 Å². The van der Waals surface area contributed by atoms with Gasteiger partial charge in [-0.25, -0.2) is 4.39 Å². The van der Waals surface area contributed by atoms with E-state index in [9.17, 15) is 19.1 Å². The zero-order valence-electron chi connectivity index (χ0n) is 15.8. The van der Waals surface area contributed by atoms with Gasteiger partial charge in [0.1, 0.15) is 29.6 Å². The summed E-state index contributed by atoms with van der Waals surface area (Å²) >= 11 is 0. The lowest BCUT2D eigenvalue weighted by atomic mass is 10.1. The van der Waals surface area contributed by atoms with Crippen molar-refractivity contribution < 1.29 is 33.3 Å². The minimum Gasteiger partial charge on any atom is -0.497 e. The predicted octanol–water partition coefficient (Wildman–Crippen LogP) is 2.72. The highest BCUT2D eigenvalue weighted by molar-refractivity contribution is 5.84. The molecule has 1 unspecified atom stereocenters. The van der Waals surface area contributed by atoms with Gasteiger partial charge in [0.25, 0.3) is 5.91 Å². The van der Waals surface area contributed by atoms with Crippen LogP contribution >= 0.6 is 0 Å². The summed E-state index contributed by atoms with van der Waals surface area (Å²) in [6.45, 7) is 0.971. The van der Waals surface area contributed by atoms with Gasteiger partial charge >= 0.3 is 5.97 Å². The van der Waals surface area contributed by atoms with Gasteiger partial charge in [-0.05, 0) is 36.8 Å². The van der Waals surface area contributed by atoms with Gasteiger partial charge in [-0.2, -0.15) is 0 Å². The molecule has 1 atom stereocenters. The van der Waals surface area contributed by atoms with E-state index in [1.54, 1.807) is 18.2 Å². The molecule has 0 aliphatic carbocycles. The number of rotatable bonds is 9. The molecule has 7 nitrogen and oxygen atoms in total. The summed E-state index contributed by atoms with van der Waals surface area (Å²) < 4.78 is 29.2. The number of carbonyl (C=O) groups excluding carboxylic acids is 1. The summed E-state index contributed by atoms with van der Waals surface area (Å²) in [4.78, 5) is 25.1. The quantitative estimate of drug-likeness (QED) is 0.708. The lowest BCUT2D eigenvalue weighted by Crippen LogP contribution is -2.42. The lowest BCUT2D eigenvalue weighted by molar-refractivity contribution is -0.148. The fraction of sp³-hybridized carbons (Fsp3) is 0.300. The fourth-order valence-electron chi connectivity index (χ4n) is 2.61. The number of carboxylic acid groups (broad SMARTS) is 1. The van der Waals surface area contributed by atoms with Crippen LogP contribution in [0.3, 0.4) is 0 Å². The molecule has 1 amide bonds. The van der Waals surface area contributed by atoms with Crippen molar-refractivity contribution in [1.82, 2.24) is 4.90 Å². The molecule has 0 saturated heterocycles. The Hall–Kier alpha value is -3.29. The summed E-state index contributed by atoms with van der Waals surface area (Å²) in [7, 11) is 2.99. The summed E-state index contributed by atoms with van der Waals surface area (Å²) in [6, 6.07) is 10.4. The molecule has 0 fully saturated rings. The molecule has 0 radical (unpaired) electrons. The molecule has 0 spiro atoms. The third-order valence-electron chi connectivity index (χ3n) is 3.88. The molecule has 150 valence electrons. The van der Waals surface area contributed by atoms with Crippen LogP contribution in [0, 0.1) is 5.82 Å². The van der Waals surface area contributed by atoms with E-state index in [0.717, 1.165) is 11.0 Å². The van der Waals surface area contributed by atoms with Crippen LogP contribution < -0.4 is 14.2 Å². The van der Waals surface area contributed by atoms with E-state index < -0.39 is 30.3 Å². The van der Waals surface area contributed by atoms with Crippen LogP contribution in [0.4, 0.5) is 4.39 Å². The fourth-order valence-corrected chi connectivity index (χ4v) is 2.61. The molecule has 1 N–H and O–H groups in total. The van der Waals surface area contributed by atoms with E-state index in [0.29, 0.717) is 17.1 Å². The molecule has 0 aromatic heterocycles. The Morgan fingerprint density at radius 3 is 2.25 bits per heavy atom. The minimum absolute atomic E-state index is 0.00947. The monoisotopic (exact) mass is 391 g/mol. The number of carboxylic acids is 1. The van der Waals surface area contributed by atoms with Gasteiger partial charge in [0.2, 0.25) is 0 Å². The second kappa shape index (κ2) is 9.59. The number of amides is 1. The van der Waals surface area contributed by atoms with Crippen LogP contribution in [-0.4, -0.2) is 48.8 Å². The number of hydrogen-bond acceptors (Lipinski definition) is 5. The largest absolute Gasteiger partial charge is 0.497 e. The molecule has 2 rings (SSSR count). The van der Waals surface area contributed by atoms with Gasteiger partial charge in [-0.3, -0.25) is 9.59 Å². The predicted molar refractivity (Wildman–Crippen MR) is 99.1 cm³/mol. The maximum absolute atomic E-state index is 13.3. The number of carbonyl (C=O) groups is 2. The topological polar surface area (TPSA) is 85.3 Å². The zero-order chi connectivity index (χ0) is 20.7. The van der Waals surface area contributed by atoms with E-state index >= 15 is 0 Å². The van der Waals surface area contributed by atoms with E-state index in [2.05, 4.69) is 0 Å². The van der Waals surface area contributed by atoms with Gasteiger partial charge in [0, 0.05) is 18.7 Å². The van der Waals surface area contributed by atoms with Crippen molar-refractivity contribution in [2.24, 2.45) is 0 Å². The summed E-state index contributed by atoms with van der Waals surface area (Å²) in [5.41, 5.74) is 0.628. The number of hydrogen-bond donors (Lipinski definition) is 1. The van der Waals surface area contributed by atoms with Gasteiger partial charge < -0.3 is 24.2 Å². The Labute approximate surface area is 162 Å². The van der Waals surface area contributed by atoms with Crippen molar-refractivity contribution in [3.8, 4) is 17.2 Å². The third-order valence-corrected chi connectivity index (χ3v) is 3.88. The lowest BCUT2D eigenvalue weighted by Gasteiger charge is -2.25. The Morgan fingerprint density at radius 1 is 1.07 bits per heavy atom. The average Bonchev–Trinajstić information content (AvgIpc) is 2.66. The number of aliphatic carboxylic acids is 1. The zero-order valence-corrected chi connectivity index (χ0v) is 15.8. The van der Waals surface area contributed by atoms with Crippen LogP contribution in [0.25, 0.3) is 0 Å². The molecular weight excluding hydrogens is 369 g/mol. The first kappa shape index (κ1) is 21.0. The Balaban J connectivity index is 2.20. The summed E-state index contributed by atoms with van der Waals surface area (Å²) in [6.07, 6.45) is -1.01. The standard InChI is InChI=1S/C20H22FNO6/c1-13(28-16-6-4-5-15(21)9-16)20(25)22(12-19(23)24)11-14-7-17(26-2)10-18(8-14)27-3/h4-10,13H,11-12H2,1-3H3,(H,23,24). The second-order valence-electron chi connectivity index (χ2n) is 6.03. The van der Waals surface area contributed by atoms with Crippen molar-refractivity contribution in [1.29, 1.82) is 0 Å². The van der Waals surface area contributed by atoms with Crippen LogP contribution in [-0.2, 0) is 16.1 Å². The second-order valence-corrected chi connectivity index (χ2v) is 6.03. The van der Waals surface area contributed by atoms with Crippen LogP contribution in [0.5, 0.6) is 17.2 Å². The smallest absolute Gasteiger partial charge is 0.323 e. The van der Waals surface area contributed by atoms with E-state index in [4.69, 9.17) is 14.2 Å². The third kappa shape index (κ3) is 5.87. The maximum Gasteiger partial charge on any atom is 0.323 e. The maximum atomic E-state index is 13.3. The van der Waals surface area contributed by atoms with E-state index in [-0.39, 0.29) is 12.3 Å². The van der Waals surface area contributed by atoms with Crippen molar-refractivity contribution in [3.05, 3.63) is 53.8 Å². The van der Waals surface area contributed by atoms with Crippen molar-refractivity contribution in [2.75, 3.05) is 20.8 Å². The molecule has 0 heterocycles. The molecule has 0 aliphatic heterocycles. The van der Waals surface area contributed by atoms with Gasteiger partial charge in [0.15, 0.2) is 6.10 Å². The summed E-state index contributed by atoms with van der Waals surface area (Å²) in [5, 5.41) is 9.19. The van der Waals surface area contributed by atoms with Crippen LogP contribution in [0.2, 0.25) is 0 Å². The number of ether oxygens (including phenoxy) is 3. The molecule has 2 aromatic rings.